The number of non-ortho nitro benzene ring substituents is 1. The van der Waals surface area contributed by atoms with E-state index in [2.05, 4.69) is 20.9 Å². The summed E-state index contributed by atoms with van der Waals surface area (Å²) in [5.41, 5.74) is 1.59. The second kappa shape index (κ2) is 14.6. The fourth-order valence-electron chi connectivity index (χ4n) is 5.00. The molecule has 1 aliphatic heterocycles. The Hall–Kier alpha value is -4.95. The molecule has 3 aromatic carbocycles. The van der Waals surface area contributed by atoms with Gasteiger partial charge in [-0.05, 0) is 67.4 Å². The number of nitro benzene ring substituents is 1. The largest absolute Gasteiger partial charge is 0.493 e. The molecule has 0 saturated heterocycles. The van der Waals surface area contributed by atoms with Gasteiger partial charge in [-0.2, -0.15) is 0 Å². The van der Waals surface area contributed by atoms with Gasteiger partial charge < -0.3 is 23.7 Å². The zero-order valence-corrected chi connectivity index (χ0v) is 28.3. The molecule has 0 amide bonds. The fraction of sp³-hybridized carbons (Fsp3) is 0.242. The van der Waals surface area contributed by atoms with Gasteiger partial charge in [-0.15, -0.1) is 0 Å². The van der Waals surface area contributed by atoms with Crippen molar-refractivity contribution < 1.29 is 33.4 Å². The molecular weight excluding hydrogens is 694 g/mol. The average Bonchev–Trinajstić information content (AvgIpc) is 3.38. The third kappa shape index (κ3) is 7.08. The number of fused-ring (bicyclic) bond motifs is 1. The Bertz CT molecular complexity index is 2040. The molecule has 0 bridgehead atoms. The van der Waals surface area contributed by atoms with E-state index >= 15 is 0 Å². The lowest BCUT2D eigenvalue weighted by molar-refractivity contribution is -0.384. The molecule has 0 radical (unpaired) electrons. The van der Waals surface area contributed by atoms with Crippen molar-refractivity contribution in [1.29, 1.82) is 0 Å². The molecule has 1 aromatic heterocycles. The van der Waals surface area contributed by atoms with Crippen LogP contribution in [-0.2, 0) is 16.1 Å². The molecule has 244 valence electrons. The quantitative estimate of drug-likeness (QED) is 0.111. The SMILES string of the molecule is CCOc1ccc([C@@H]2C(C(=O)OC)=CN=c3s/c(=C/c4cc(Br)cc(OC)c4OCc4ccc([N+](=O)[O-])cc4)c(=O)n32)cc1OCC. The molecule has 0 unspecified atom stereocenters. The maximum Gasteiger partial charge on any atom is 0.337 e. The summed E-state index contributed by atoms with van der Waals surface area (Å²) in [6.07, 6.45) is 3.09. The summed E-state index contributed by atoms with van der Waals surface area (Å²) in [6.45, 7) is 4.62. The zero-order chi connectivity index (χ0) is 33.7. The van der Waals surface area contributed by atoms with Gasteiger partial charge in [0, 0.05) is 28.4 Å². The predicted molar refractivity (Wildman–Crippen MR) is 178 cm³/mol. The smallest absolute Gasteiger partial charge is 0.337 e. The second-order valence-corrected chi connectivity index (χ2v) is 11.9. The van der Waals surface area contributed by atoms with Crippen LogP contribution in [0.5, 0.6) is 23.0 Å². The Morgan fingerprint density at radius 3 is 2.40 bits per heavy atom. The third-order valence-electron chi connectivity index (χ3n) is 7.09. The molecule has 4 aromatic rings. The predicted octanol–water partition coefficient (Wildman–Crippen LogP) is 5.07. The van der Waals surface area contributed by atoms with E-state index in [0.717, 1.165) is 11.3 Å². The van der Waals surface area contributed by atoms with Gasteiger partial charge in [0.2, 0.25) is 0 Å². The molecule has 47 heavy (non-hydrogen) atoms. The van der Waals surface area contributed by atoms with Crippen LogP contribution < -0.4 is 33.8 Å². The Morgan fingerprint density at radius 2 is 1.74 bits per heavy atom. The first-order valence-corrected chi connectivity index (χ1v) is 16.0. The van der Waals surface area contributed by atoms with Gasteiger partial charge in [-0.1, -0.05) is 33.3 Å². The number of ether oxygens (including phenoxy) is 5. The monoisotopic (exact) mass is 723 g/mol. The van der Waals surface area contributed by atoms with Crippen molar-refractivity contribution in [1.82, 2.24) is 4.57 Å². The van der Waals surface area contributed by atoms with Crippen LogP contribution in [0.4, 0.5) is 5.69 Å². The molecule has 1 aliphatic rings. The fourth-order valence-corrected chi connectivity index (χ4v) is 6.41. The van der Waals surface area contributed by atoms with E-state index in [9.17, 15) is 19.7 Å². The highest BCUT2D eigenvalue weighted by atomic mass is 79.9. The van der Waals surface area contributed by atoms with Crippen LogP contribution in [0, 0.1) is 10.1 Å². The Morgan fingerprint density at radius 1 is 1.02 bits per heavy atom. The molecule has 1 atom stereocenters. The van der Waals surface area contributed by atoms with Gasteiger partial charge in [0.25, 0.3) is 11.2 Å². The van der Waals surface area contributed by atoms with Crippen LogP contribution in [0.1, 0.15) is 36.6 Å². The third-order valence-corrected chi connectivity index (χ3v) is 8.55. The van der Waals surface area contributed by atoms with Crippen molar-refractivity contribution in [3.8, 4) is 23.0 Å². The van der Waals surface area contributed by atoms with E-state index in [-0.39, 0.29) is 23.4 Å². The Balaban J connectivity index is 1.61. The number of esters is 1. The van der Waals surface area contributed by atoms with E-state index in [0.29, 0.717) is 66.7 Å². The van der Waals surface area contributed by atoms with Crippen LogP contribution in [0.3, 0.4) is 0 Å². The molecule has 14 heteroatoms. The lowest BCUT2D eigenvalue weighted by atomic mass is 9.97. The summed E-state index contributed by atoms with van der Waals surface area (Å²) in [4.78, 5) is 42.5. The van der Waals surface area contributed by atoms with Crippen molar-refractivity contribution in [3.05, 3.63) is 117 Å². The zero-order valence-electron chi connectivity index (χ0n) is 25.9. The van der Waals surface area contributed by atoms with E-state index in [1.807, 2.05) is 13.8 Å². The number of carbonyl (C=O) groups is 1. The summed E-state index contributed by atoms with van der Waals surface area (Å²) >= 11 is 4.65. The van der Waals surface area contributed by atoms with Gasteiger partial charge in [-0.25, -0.2) is 9.79 Å². The minimum Gasteiger partial charge on any atom is -0.493 e. The molecule has 12 nitrogen and oxygen atoms in total. The van der Waals surface area contributed by atoms with Crippen LogP contribution >= 0.6 is 27.3 Å². The molecule has 5 rings (SSSR count). The van der Waals surface area contributed by atoms with Gasteiger partial charge in [0.05, 0.1) is 48.5 Å². The second-order valence-electron chi connectivity index (χ2n) is 9.99. The standard InChI is InChI=1S/C33H30BrN3O9S/c1-5-44-25-12-9-20(14-26(25)45-6-2)29-24(32(39)43-4)17-35-33-36(29)31(38)28(47-33)15-21-13-22(34)16-27(42-3)30(21)46-18-19-7-10-23(11-8-19)37(40)41/h7-17,29H,5-6,18H2,1-4H3/b28-15+/t29-/m1/s1. The number of rotatable bonds is 12. The summed E-state index contributed by atoms with van der Waals surface area (Å²) in [5, 5.41) is 11.1. The molecular formula is C33H30BrN3O9S. The van der Waals surface area contributed by atoms with Crippen LogP contribution in [0.25, 0.3) is 6.08 Å². The maximum atomic E-state index is 14.2. The van der Waals surface area contributed by atoms with Crippen molar-refractivity contribution in [2.24, 2.45) is 4.99 Å². The van der Waals surface area contributed by atoms with E-state index in [4.69, 9.17) is 23.7 Å². The van der Waals surface area contributed by atoms with Gasteiger partial charge in [0.15, 0.2) is 27.8 Å². The summed E-state index contributed by atoms with van der Waals surface area (Å²) in [6, 6.07) is 14.0. The lowest BCUT2D eigenvalue weighted by Crippen LogP contribution is -2.39. The first-order chi connectivity index (χ1) is 22.7. The van der Waals surface area contributed by atoms with Gasteiger partial charge >= 0.3 is 5.97 Å². The number of nitro groups is 1. The van der Waals surface area contributed by atoms with Crippen LogP contribution in [-0.4, -0.2) is 42.9 Å². The number of benzene rings is 3. The molecule has 0 aliphatic carbocycles. The average molecular weight is 725 g/mol. The molecule has 0 fully saturated rings. The topological polar surface area (TPSA) is 141 Å². The first kappa shape index (κ1) is 33.4. The normalized spacial score (nSPS) is 14.0. The number of carbonyl (C=O) groups excluding carboxylic acids is 1. The first-order valence-electron chi connectivity index (χ1n) is 14.4. The number of nitrogens with zero attached hydrogens (tertiary/aromatic N) is 3. The van der Waals surface area contributed by atoms with Crippen molar-refractivity contribution >= 4 is 45.0 Å². The number of hydrogen-bond acceptors (Lipinski definition) is 11. The van der Waals surface area contributed by atoms with E-state index in [1.54, 1.807) is 48.5 Å². The maximum absolute atomic E-state index is 14.2. The van der Waals surface area contributed by atoms with Gasteiger partial charge in [-0.3, -0.25) is 19.5 Å². The van der Waals surface area contributed by atoms with E-state index < -0.39 is 16.9 Å². The van der Waals surface area contributed by atoms with Crippen LogP contribution in [0.15, 0.2) is 80.6 Å². The minimum atomic E-state index is -0.856. The van der Waals surface area contributed by atoms with Gasteiger partial charge in [0.1, 0.15) is 6.61 Å². The molecule has 2 heterocycles. The summed E-state index contributed by atoms with van der Waals surface area (Å²) < 4.78 is 30.8. The highest BCUT2D eigenvalue weighted by Gasteiger charge is 2.31. The number of halogens is 1. The lowest BCUT2D eigenvalue weighted by Gasteiger charge is -2.23. The highest BCUT2D eigenvalue weighted by Crippen LogP contribution is 2.37. The number of hydrogen-bond donors (Lipinski definition) is 0. The number of aromatic nitrogens is 1. The molecule has 0 spiro atoms. The number of methoxy groups -OCH3 is 2. The highest BCUT2D eigenvalue weighted by molar-refractivity contribution is 9.10. The summed E-state index contributed by atoms with van der Waals surface area (Å²) in [5.74, 6) is 1.16. The van der Waals surface area contributed by atoms with Crippen molar-refractivity contribution in [3.63, 3.8) is 0 Å². The molecule has 0 N–H and O–H groups in total. The summed E-state index contributed by atoms with van der Waals surface area (Å²) in [7, 11) is 2.77. The Labute approximate surface area is 281 Å². The minimum absolute atomic E-state index is 0.0287. The number of thiazole rings is 1. The molecule has 0 saturated carbocycles. The van der Waals surface area contributed by atoms with E-state index in [1.165, 1.54) is 37.1 Å². The van der Waals surface area contributed by atoms with Crippen molar-refractivity contribution in [2.45, 2.75) is 26.5 Å². The Kier molecular flexibility index (Phi) is 10.4. The van der Waals surface area contributed by atoms with Crippen LogP contribution in [0.2, 0.25) is 0 Å². The van der Waals surface area contributed by atoms with Crippen molar-refractivity contribution in [2.75, 3.05) is 27.4 Å².